The van der Waals surface area contributed by atoms with Crippen molar-refractivity contribution in [2.75, 3.05) is 19.0 Å². The van der Waals surface area contributed by atoms with Gasteiger partial charge in [0, 0.05) is 28.8 Å². The van der Waals surface area contributed by atoms with Gasteiger partial charge in [-0.05, 0) is 69.3 Å². The largest absolute Gasteiger partial charge is 0.467 e. The van der Waals surface area contributed by atoms with Gasteiger partial charge in [0.05, 0.1) is 13.7 Å². The van der Waals surface area contributed by atoms with Crippen molar-refractivity contribution >= 4 is 29.6 Å². The normalized spacial score (nSPS) is 11.2. The van der Waals surface area contributed by atoms with Crippen LogP contribution in [0.15, 0.2) is 48.5 Å². The molecule has 0 aromatic heterocycles. The van der Waals surface area contributed by atoms with Gasteiger partial charge in [0.2, 0.25) is 5.91 Å². The Morgan fingerprint density at radius 2 is 1.47 bits per heavy atom. The number of rotatable bonds is 7. The van der Waals surface area contributed by atoms with Crippen LogP contribution in [0.3, 0.4) is 0 Å². The van der Waals surface area contributed by atoms with E-state index in [1.165, 1.54) is 7.11 Å². The van der Waals surface area contributed by atoms with Crippen LogP contribution in [-0.4, -0.2) is 49.2 Å². The van der Waals surface area contributed by atoms with E-state index < -0.39 is 29.6 Å². The summed E-state index contributed by atoms with van der Waals surface area (Å²) in [6.45, 7) is 6.73. The second kappa shape index (κ2) is 13.0. The van der Waals surface area contributed by atoms with E-state index in [1.54, 1.807) is 76.2 Å². The van der Waals surface area contributed by atoms with Crippen molar-refractivity contribution in [1.29, 1.82) is 0 Å². The van der Waals surface area contributed by atoms with Crippen LogP contribution < -0.4 is 16.0 Å². The Bertz CT molecular complexity index is 1140. The standard InChI is InChI=1S/C27H31N3O6/c1-6-23(31)29-21-15-11-19(12-16-21)8-7-18-9-13-20(14-10-18)24(32)30-22(25(33)35-5)17-28-26(34)36-27(2,3)4/h9-16,22H,6,17H2,1-5H3,(H,28,34)(H,29,31)(H,30,32)/t22-/m0/s1. The van der Waals surface area contributed by atoms with Gasteiger partial charge in [0.1, 0.15) is 11.6 Å². The molecule has 0 aliphatic heterocycles. The van der Waals surface area contributed by atoms with E-state index in [1.807, 2.05) is 0 Å². The molecule has 2 aromatic carbocycles. The Balaban J connectivity index is 1.99. The Kier molecular flexibility index (Phi) is 10.0. The summed E-state index contributed by atoms with van der Waals surface area (Å²) in [4.78, 5) is 48.0. The summed E-state index contributed by atoms with van der Waals surface area (Å²) >= 11 is 0. The maximum absolute atomic E-state index is 12.6. The van der Waals surface area contributed by atoms with E-state index in [9.17, 15) is 19.2 Å². The lowest BCUT2D eigenvalue weighted by atomic mass is 10.1. The number of alkyl carbamates (subject to hydrolysis) is 1. The lowest BCUT2D eigenvalue weighted by Gasteiger charge is -2.21. The third-order valence-electron chi connectivity index (χ3n) is 4.63. The van der Waals surface area contributed by atoms with E-state index in [2.05, 4.69) is 27.8 Å². The van der Waals surface area contributed by atoms with Crippen LogP contribution in [0.4, 0.5) is 10.5 Å². The van der Waals surface area contributed by atoms with Gasteiger partial charge in [-0.3, -0.25) is 9.59 Å². The third kappa shape index (κ3) is 9.50. The van der Waals surface area contributed by atoms with Crippen molar-refractivity contribution in [2.45, 2.75) is 45.8 Å². The molecule has 0 saturated carbocycles. The Hall–Kier alpha value is -4.32. The van der Waals surface area contributed by atoms with Crippen molar-refractivity contribution < 1.29 is 28.7 Å². The second-order valence-electron chi connectivity index (χ2n) is 8.74. The van der Waals surface area contributed by atoms with E-state index in [-0.39, 0.29) is 12.5 Å². The monoisotopic (exact) mass is 493 g/mol. The Morgan fingerprint density at radius 1 is 0.917 bits per heavy atom. The molecule has 0 fully saturated rings. The predicted octanol–water partition coefficient (Wildman–Crippen LogP) is 3.23. The lowest BCUT2D eigenvalue weighted by molar-refractivity contribution is -0.142. The maximum Gasteiger partial charge on any atom is 0.407 e. The molecule has 0 saturated heterocycles. The summed E-state index contributed by atoms with van der Waals surface area (Å²) in [6.07, 6.45) is -0.309. The number of nitrogens with one attached hydrogen (secondary N) is 3. The number of amides is 3. The number of esters is 1. The molecule has 9 heteroatoms. The molecular formula is C27H31N3O6. The van der Waals surface area contributed by atoms with Gasteiger partial charge in [0.25, 0.3) is 5.91 Å². The molecule has 3 amide bonds. The lowest BCUT2D eigenvalue weighted by Crippen LogP contribution is -2.49. The number of methoxy groups -OCH3 is 1. The molecule has 0 aliphatic rings. The zero-order chi connectivity index (χ0) is 26.7. The third-order valence-corrected chi connectivity index (χ3v) is 4.63. The molecule has 0 unspecified atom stereocenters. The minimum atomic E-state index is -1.10. The molecule has 0 aliphatic carbocycles. The predicted molar refractivity (Wildman–Crippen MR) is 135 cm³/mol. The highest BCUT2D eigenvalue weighted by molar-refractivity contribution is 5.97. The van der Waals surface area contributed by atoms with Crippen LogP contribution in [0.25, 0.3) is 0 Å². The van der Waals surface area contributed by atoms with Crippen molar-refractivity contribution in [3.05, 3.63) is 65.2 Å². The SMILES string of the molecule is CCC(=O)Nc1ccc(C#Cc2ccc(C(=O)N[C@@H](CNC(=O)OC(C)(C)C)C(=O)OC)cc2)cc1. The van der Waals surface area contributed by atoms with Crippen LogP contribution in [0.1, 0.15) is 55.6 Å². The molecule has 0 radical (unpaired) electrons. The van der Waals surface area contributed by atoms with E-state index >= 15 is 0 Å². The molecule has 0 spiro atoms. The number of carbonyl (C=O) groups excluding carboxylic acids is 4. The van der Waals surface area contributed by atoms with Gasteiger partial charge in [-0.25, -0.2) is 9.59 Å². The zero-order valence-corrected chi connectivity index (χ0v) is 21.1. The second-order valence-corrected chi connectivity index (χ2v) is 8.74. The Morgan fingerprint density at radius 3 is 1.97 bits per heavy atom. The first-order valence-electron chi connectivity index (χ1n) is 11.4. The first kappa shape index (κ1) is 27.9. The minimum Gasteiger partial charge on any atom is -0.467 e. The molecule has 2 rings (SSSR count). The number of ether oxygens (including phenoxy) is 2. The smallest absolute Gasteiger partial charge is 0.407 e. The van der Waals surface area contributed by atoms with Gasteiger partial charge in [0.15, 0.2) is 0 Å². The summed E-state index contributed by atoms with van der Waals surface area (Å²) in [6, 6.07) is 12.6. The molecule has 190 valence electrons. The van der Waals surface area contributed by atoms with Gasteiger partial charge in [-0.15, -0.1) is 0 Å². The van der Waals surface area contributed by atoms with Crippen molar-refractivity contribution in [1.82, 2.24) is 10.6 Å². The first-order valence-corrected chi connectivity index (χ1v) is 11.4. The van der Waals surface area contributed by atoms with Gasteiger partial charge < -0.3 is 25.4 Å². The van der Waals surface area contributed by atoms with Gasteiger partial charge >= 0.3 is 12.1 Å². The highest BCUT2D eigenvalue weighted by atomic mass is 16.6. The number of carbonyl (C=O) groups is 4. The quantitative estimate of drug-likeness (QED) is 0.402. The number of hydrogen-bond donors (Lipinski definition) is 3. The van der Waals surface area contributed by atoms with Crippen molar-refractivity contribution in [3.8, 4) is 11.8 Å². The van der Waals surface area contributed by atoms with Crippen LogP contribution >= 0.6 is 0 Å². The van der Waals surface area contributed by atoms with Crippen molar-refractivity contribution in [3.63, 3.8) is 0 Å². The van der Waals surface area contributed by atoms with E-state index in [0.29, 0.717) is 23.2 Å². The molecule has 3 N–H and O–H groups in total. The highest BCUT2D eigenvalue weighted by Gasteiger charge is 2.24. The van der Waals surface area contributed by atoms with E-state index in [4.69, 9.17) is 9.47 Å². The minimum absolute atomic E-state index is 0.0600. The fraction of sp³-hybridized carbons (Fsp3) is 0.333. The van der Waals surface area contributed by atoms with Crippen molar-refractivity contribution in [2.24, 2.45) is 0 Å². The fourth-order valence-electron chi connectivity index (χ4n) is 2.81. The maximum atomic E-state index is 12.6. The average Bonchev–Trinajstić information content (AvgIpc) is 2.84. The summed E-state index contributed by atoms with van der Waals surface area (Å²) in [5.74, 6) is 4.76. The number of benzene rings is 2. The molecule has 9 nitrogen and oxygen atoms in total. The molecule has 1 atom stereocenters. The molecule has 0 bridgehead atoms. The number of anilines is 1. The summed E-state index contributed by atoms with van der Waals surface area (Å²) < 4.78 is 9.86. The first-order chi connectivity index (χ1) is 17.0. The van der Waals surface area contributed by atoms with E-state index in [0.717, 1.165) is 5.56 Å². The van der Waals surface area contributed by atoms with Gasteiger partial charge in [-0.1, -0.05) is 18.8 Å². The van der Waals surface area contributed by atoms with Crippen LogP contribution in [-0.2, 0) is 19.1 Å². The summed E-state index contributed by atoms with van der Waals surface area (Å²) in [5.41, 5.74) is 1.77. The average molecular weight is 494 g/mol. The van der Waals surface area contributed by atoms with Gasteiger partial charge in [-0.2, -0.15) is 0 Å². The molecule has 0 heterocycles. The number of hydrogen-bond acceptors (Lipinski definition) is 6. The fourth-order valence-corrected chi connectivity index (χ4v) is 2.81. The Labute approximate surface area is 210 Å². The molecular weight excluding hydrogens is 462 g/mol. The highest BCUT2D eigenvalue weighted by Crippen LogP contribution is 2.10. The summed E-state index contributed by atoms with van der Waals surface area (Å²) in [7, 11) is 1.19. The van der Waals surface area contributed by atoms with Crippen LogP contribution in [0.2, 0.25) is 0 Å². The summed E-state index contributed by atoms with van der Waals surface area (Å²) in [5, 5.41) is 7.78. The zero-order valence-electron chi connectivity index (χ0n) is 21.1. The molecule has 2 aromatic rings. The topological polar surface area (TPSA) is 123 Å². The van der Waals surface area contributed by atoms with Crippen LogP contribution in [0, 0.1) is 11.8 Å². The van der Waals surface area contributed by atoms with Crippen LogP contribution in [0.5, 0.6) is 0 Å². The molecule has 36 heavy (non-hydrogen) atoms.